The van der Waals surface area contributed by atoms with E-state index in [9.17, 15) is 34.4 Å². The molecule has 14 nitrogen and oxygen atoms in total. The summed E-state index contributed by atoms with van der Waals surface area (Å²) in [6, 6.07) is 9.01. The van der Waals surface area contributed by atoms with Crippen LogP contribution < -0.4 is 15.9 Å². The van der Waals surface area contributed by atoms with Crippen molar-refractivity contribution in [3.8, 4) is 11.3 Å². The predicted molar refractivity (Wildman–Crippen MR) is 139 cm³/mol. The minimum Gasteiger partial charge on any atom is -0.388 e. The van der Waals surface area contributed by atoms with E-state index >= 15 is 0 Å². The third-order valence-electron chi connectivity index (χ3n) is 7.83. The van der Waals surface area contributed by atoms with Crippen molar-refractivity contribution in [1.29, 1.82) is 0 Å². The van der Waals surface area contributed by atoms with Crippen LogP contribution in [-0.4, -0.2) is 63.7 Å². The predicted octanol–water partition coefficient (Wildman–Crippen LogP) is 0.211. The molecule has 216 valence electrons. The molecule has 1 saturated heterocycles. The van der Waals surface area contributed by atoms with Gasteiger partial charge in [-0.25, -0.2) is 4.79 Å². The van der Waals surface area contributed by atoms with Crippen molar-refractivity contribution in [2.45, 2.75) is 82.1 Å². The lowest BCUT2D eigenvalue weighted by Gasteiger charge is -2.36. The van der Waals surface area contributed by atoms with Crippen molar-refractivity contribution in [3.05, 3.63) is 68.6 Å². The number of aromatic amines is 2. The molecule has 7 unspecified atom stereocenters. The molecule has 1 aromatic carbocycles. The van der Waals surface area contributed by atoms with Gasteiger partial charge in [0, 0.05) is 18.4 Å². The lowest BCUT2D eigenvalue weighted by Crippen LogP contribution is -2.47. The highest BCUT2D eigenvalue weighted by atomic mass is 31.2. The maximum Gasteiger partial charge on any atom is 0.362 e. The minimum atomic E-state index is -4.79. The molecule has 0 saturated carbocycles. The van der Waals surface area contributed by atoms with Gasteiger partial charge in [-0.15, -0.1) is 4.68 Å². The summed E-state index contributed by atoms with van der Waals surface area (Å²) in [6.07, 6.45) is -4.36. The molecule has 2 aliphatic heterocycles. The van der Waals surface area contributed by atoms with Gasteiger partial charge in [-0.2, -0.15) is 0 Å². The van der Waals surface area contributed by atoms with Crippen LogP contribution in [-0.2, 0) is 26.1 Å². The molecule has 0 aliphatic carbocycles. The fourth-order valence-electron chi connectivity index (χ4n) is 5.22. The molecule has 2 aliphatic rings. The highest BCUT2D eigenvalue weighted by molar-refractivity contribution is 7.54. The molecular weight excluding hydrogens is 545 g/mol. The number of fused-ring (bicyclic) bond motifs is 6. The van der Waals surface area contributed by atoms with Gasteiger partial charge in [-0.3, -0.25) is 18.9 Å². The molecule has 5 rings (SSSR count). The number of rotatable bonds is 6. The Kier molecular flexibility index (Phi) is 7.24. The summed E-state index contributed by atoms with van der Waals surface area (Å²) in [7, 11) is -4.79. The zero-order valence-electron chi connectivity index (χ0n) is 22.2. The Morgan fingerprint density at radius 3 is 2.58 bits per heavy atom. The normalized spacial score (nSPS) is 29.2. The molecule has 0 spiro atoms. The molecule has 4 bridgehead atoms. The van der Waals surface area contributed by atoms with E-state index in [2.05, 4.69) is 15.2 Å². The Labute approximate surface area is 228 Å². The fourth-order valence-corrected chi connectivity index (χ4v) is 6.56. The van der Waals surface area contributed by atoms with Gasteiger partial charge in [-0.05, 0) is 13.3 Å². The first-order valence-electron chi connectivity index (χ1n) is 13.0. The largest absolute Gasteiger partial charge is 0.388 e. The Bertz CT molecular complexity index is 1570. The lowest BCUT2D eigenvalue weighted by molar-refractivity contribution is -0.748. The number of ether oxygens (including phenoxy) is 1. The van der Waals surface area contributed by atoms with E-state index in [0.717, 1.165) is 0 Å². The Morgan fingerprint density at radius 2 is 1.93 bits per heavy atom. The van der Waals surface area contributed by atoms with Crippen LogP contribution in [0.4, 0.5) is 0 Å². The molecule has 7 atom stereocenters. The number of aliphatic hydroxyl groups excluding tert-OH is 2. The van der Waals surface area contributed by atoms with Gasteiger partial charge in [0.05, 0.1) is 22.6 Å². The van der Waals surface area contributed by atoms with Crippen LogP contribution in [0.1, 0.15) is 57.4 Å². The summed E-state index contributed by atoms with van der Waals surface area (Å²) in [4.78, 5) is 40.9. The number of H-pyrrole nitrogens is 2. The number of aromatic nitrogens is 5. The zero-order valence-corrected chi connectivity index (χ0v) is 23.1. The number of nitrogens with zero attached hydrogens (tertiary/aromatic N) is 3. The van der Waals surface area contributed by atoms with Crippen molar-refractivity contribution in [3.63, 3.8) is 0 Å². The van der Waals surface area contributed by atoms with Crippen LogP contribution in [0.5, 0.6) is 0 Å². The third kappa shape index (κ3) is 4.69. The first-order chi connectivity index (χ1) is 18.8. The van der Waals surface area contributed by atoms with Crippen LogP contribution in [0, 0.1) is 0 Å². The van der Waals surface area contributed by atoms with Crippen LogP contribution in [0.15, 0.2) is 46.1 Å². The van der Waals surface area contributed by atoms with E-state index in [4.69, 9.17) is 9.26 Å². The van der Waals surface area contributed by atoms with Crippen molar-refractivity contribution in [1.82, 2.24) is 19.9 Å². The van der Waals surface area contributed by atoms with Gasteiger partial charge in [0.2, 0.25) is 11.4 Å². The van der Waals surface area contributed by atoms with Gasteiger partial charge in [-0.1, -0.05) is 48.9 Å². The molecule has 40 heavy (non-hydrogen) atoms. The average Bonchev–Trinajstić information content (AvgIpc) is 3.44. The second-order valence-electron chi connectivity index (χ2n) is 10.4. The monoisotopic (exact) mass is 578 g/mol. The first kappa shape index (κ1) is 28.6. The van der Waals surface area contributed by atoms with Crippen molar-refractivity contribution in [2.75, 3.05) is 0 Å². The molecule has 15 heteroatoms. The molecule has 3 aromatic rings. The smallest absolute Gasteiger partial charge is 0.362 e. The maximum atomic E-state index is 13.6. The van der Waals surface area contributed by atoms with E-state index < -0.39 is 54.3 Å². The molecule has 4 heterocycles. The van der Waals surface area contributed by atoms with Crippen LogP contribution in [0.2, 0.25) is 0 Å². The molecule has 0 amide bonds. The zero-order chi connectivity index (χ0) is 29.0. The van der Waals surface area contributed by atoms with Gasteiger partial charge >= 0.3 is 13.3 Å². The van der Waals surface area contributed by atoms with Gasteiger partial charge in [0.15, 0.2) is 18.1 Å². The van der Waals surface area contributed by atoms with Gasteiger partial charge in [0.1, 0.15) is 18.3 Å². The maximum absolute atomic E-state index is 13.6. The number of benzene rings is 1. The van der Waals surface area contributed by atoms with E-state index in [1.165, 1.54) is 16.3 Å². The van der Waals surface area contributed by atoms with Gasteiger partial charge < -0.3 is 29.9 Å². The minimum absolute atomic E-state index is 0.0244. The van der Waals surface area contributed by atoms with E-state index in [0.29, 0.717) is 11.3 Å². The number of hydrogen-bond donors (Lipinski definition) is 6. The van der Waals surface area contributed by atoms with E-state index in [-0.39, 0.29) is 37.1 Å². The quantitative estimate of drug-likeness (QED) is 0.173. The molecule has 0 radical (unpaired) electrons. The average molecular weight is 579 g/mol. The van der Waals surface area contributed by atoms with Crippen LogP contribution in [0.25, 0.3) is 11.3 Å². The number of aliphatic hydroxyl groups is 3. The summed E-state index contributed by atoms with van der Waals surface area (Å²) in [5.74, 6) is 0. The number of hydrogen-bond acceptors (Lipinski definition) is 9. The SMILES string of the molecule is CCC1(OP(=O)(O)C(C)(O)CC)CC2OC(c3c([nH]c(=O)[nH]c3=O)C[n+]3cc(-c4ccccc4)n1n3)C(O)C2O. The van der Waals surface area contributed by atoms with Crippen LogP contribution in [0.3, 0.4) is 0 Å². The Morgan fingerprint density at radius 1 is 1.23 bits per heavy atom. The summed E-state index contributed by atoms with van der Waals surface area (Å²) in [6.45, 7) is 4.27. The standard InChI is InChI=1S/C25H32N5O9P/c1-4-24(3,35)40(36,37)39-25(5-2)11-17-19(31)20(32)21(38-17)18-15(26-23(34)27-22(18)33)12-29-13-16(30(25)28-29)14-9-7-6-8-10-14/h6-10,13,17,19-21,31-32,35H,4-5,11-12H2,1-3H3,(H2-,26,27,33,34,36,37)/p+1. The fraction of sp³-hybridized carbons (Fsp3) is 0.520. The summed E-state index contributed by atoms with van der Waals surface area (Å²) in [5.41, 5.74) is -2.23. The van der Waals surface area contributed by atoms with Crippen molar-refractivity contribution >= 4 is 7.60 Å². The molecule has 2 aromatic heterocycles. The van der Waals surface area contributed by atoms with Gasteiger partial charge in [0.25, 0.3) is 5.56 Å². The number of nitrogens with one attached hydrogen (secondary N) is 2. The summed E-state index contributed by atoms with van der Waals surface area (Å²) < 4.78 is 28.5. The highest BCUT2D eigenvalue weighted by Gasteiger charge is 2.57. The molecular formula is C25H33N5O9P+. The topological polar surface area (TPSA) is 204 Å². The van der Waals surface area contributed by atoms with E-state index in [1.807, 2.05) is 6.07 Å². The Hall–Kier alpha value is -2.97. The highest BCUT2D eigenvalue weighted by Crippen LogP contribution is 2.60. The van der Waals surface area contributed by atoms with Crippen LogP contribution >= 0.6 is 7.60 Å². The van der Waals surface area contributed by atoms with Crippen molar-refractivity contribution < 1.29 is 38.7 Å². The summed E-state index contributed by atoms with van der Waals surface area (Å²) >= 11 is 0. The third-order valence-corrected chi connectivity index (χ3v) is 9.95. The first-order valence-corrected chi connectivity index (χ1v) is 14.6. The molecule has 1 fully saturated rings. The summed E-state index contributed by atoms with van der Waals surface area (Å²) in [5, 5.41) is 35.4. The lowest BCUT2D eigenvalue weighted by atomic mass is 9.95. The molecule has 6 N–H and O–H groups in total. The second kappa shape index (κ2) is 10.1. The van der Waals surface area contributed by atoms with Crippen molar-refractivity contribution in [2.24, 2.45) is 0 Å². The Balaban J connectivity index is 1.79. The van der Waals surface area contributed by atoms with E-state index in [1.54, 1.807) is 44.3 Å². The second-order valence-corrected chi connectivity index (χ2v) is 12.6.